The molecule has 0 spiro atoms. The Labute approximate surface area is 114 Å². The number of carboxylic acid groups (broad SMARTS) is 1. The minimum atomic E-state index is -0.760. The number of rotatable bonds is 7. The highest BCUT2D eigenvalue weighted by atomic mass is 16.4. The summed E-state index contributed by atoms with van der Waals surface area (Å²) in [6.45, 7) is 1.89. The van der Waals surface area contributed by atoms with Crippen LogP contribution in [0, 0.1) is 11.3 Å². The zero-order valence-electron chi connectivity index (χ0n) is 11.2. The normalized spacial score (nSPS) is 20.2. The van der Waals surface area contributed by atoms with Crippen LogP contribution in [0.2, 0.25) is 0 Å². The van der Waals surface area contributed by atoms with Crippen LogP contribution >= 0.6 is 0 Å². The second kappa shape index (κ2) is 4.97. The fourth-order valence-electron chi connectivity index (χ4n) is 3.10. The summed E-state index contributed by atoms with van der Waals surface area (Å²) in [5.41, 5.74) is 2.65. The van der Waals surface area contributed by atoms with E-state index < -0.39 is 5.97 Å². The average molecular weight is 259 g/mol. The van der Waals surface area contributed by atoms with Crippen molar-refractivity contribution in [1.82, 2.24) is 5.32 Å². The van der Waals surface area contributed by atoms with Crippen LogP contribution in [0.5, 0.6) is 0 Å². The van der Waals surface area contributed by atoms with Gasteiger partial charge in [0.15, 0.2) is 0 Å². The first-order valence-electron chi connectivity index (χ1n) is 7.19. The minimum absolute atomic E-state index is 0.117. The molecule has 19 heavy (non-hydrogen) atoms. The number of aliphatic carboxylic acids is 1. The molecule has 2 fully saturated rings. The van der Waals surface area contributed by atoms with Crippen LogP contribution in [0.3, 0.4) is 0 Å². The van der Waals surface area contributed by atoms with Gasteiger partial charge < -0.3 is 10.4 Å². The van der Waals surface area contributed by atoms with Gasteiger partial charge in [0.2, 0.25) is 0 Å². The van der Waals surface area contributed by atoms with E-state index in [0.717, 1.165) is 30.1 Å². The van der Waals surface area contributed by atoms with Crippen LogP contribution in [-0.2, 0) is 17.8 Å². The van der Waals surface area contributed by atoms with Gasteiger partial charge in [-0.3, -0.25) is 4.79 Å². The Hall–Kier alpha value is -1.35. The van der Waals surface area contributed by atoms with Crippen molar-refractivity contribution in [3.05, 3.63) is 35.4 Å². The number of nitrogens with one attached hydrogen (secondary N) is 1. The number of carboxylic acids is 1. The number of hydrogen-bond donors (Lipinski definition) is 2. The molecule has 3 nitrogen and oxygen atoms in total. The topological polar surface area (TPSA) is 49.3 Å². The maximum absolute atomic E-state index is 10.8. The van der Waals surface area contributed by atoms with Crippen LogP contribution in [0.1, 0.15) is 36.8 Å². The van der Waals surface area contributed by atoms with E-state index in [9.17, 15) is 4.79 Å². The van der Waals surface area contributed by atoms with Crippen LogP contribution in [0.15, 0.2) is 24.3 Å². The van der Waals surface area contributed by atoms with E-state index in [1.165, 1.54) is 25.7 Å². The van der Waals surface area contributed by atoms with Crippen molar-refractivity contribution in [2.75, 3.05) is 6.54 Å². The van der Waals surface area contributed by atoms with Gasteiger partial charge >= 0.3 is 5.97 Å². The molecule has 1 aromatic rings. The van der Waals surface area contributed by atoms with E-state index in [-0.39, 0.29) is 6.42 Å². The molecule has 0 aromatic heterocycles. The van der Waals surface area contributed by atoms with Crippen LogP contribution in [-0.4, -0.2) is 17.6 Å². The third-order valence-electron chi connectivity index (χ3n) is 4.59. The fourth-order valence-corrected chi connectivity index (χ4v) is 3.10. The average Bonchev–Trinajstić information content (AvgIpc) is 3.25. The van der Waals surface area contributed by atoms with Crippen molar-refractivity contribution in [2.24, 2.45) is 11.3 Å². The Bertz CT molecular complexity index is 475. The van der Waals surface area contributed by atoms with Gasteiger partial charge in [0, 0.05) is 13.1 Å². The molecule has 0 aliphatic heterocycles. The first kappa shape index (κ1) is 12.7. The predicted octanol–water partition coefficient (Wildman–Crippen LogP) is 2.59. The molecule has 2 N–H and O–H groups in total. The Morgan fingerprint density at radius 1 is 1.26 bits per heavy atom. The smallest absolute Gasteiger partial charge is 0.307 e. The van der Waals surface area contributed by atoms with Gasteiger partial charge in [-0.1, -0.05) is 24.3 Å². The van der Waals surface area contributed by atoms with Gasteiger partial charge in [-0.2, -0.15) is 0 Å². The molecule has 0 heterocycles. The fraction of sp³-hybridized carbons (Fsp3) is 0.562. The van der Waals surface area contributed by atoms with Crippen LogP contribution in [0.4, 0.5) is 0 Å². The summed E-state index contributed by atoms with van der Waals surface area (Å²) in [4.78, 5) is 10.8. The Morgan fingerprint density at radius 2 is 1.95 bits per heavy atom. The summed E-state index contributed by atoms with van der Waals surface area (Å²) in [5, 5.41) is 12.5. The molecule has 0 radical (unpaired) electrons. The highest BCUT2D eigenvalue weighted by Crippen LogP contribution is 2.60. The summed E-state index contributed by atoms with van der Waals surface area (Å²) in [7, 11) is 0. The first-order chi connectivity index (χ1) is 9.20. The molecule has 0 amide bonds. The first-order valence-corrected chi connectivity index (χ1v) is 7.19. The summed E-state index contributed by atoms with van der Waals surface area (Å²) in [6, 6.07) is 7.84. The maximum Gasteiger partial charge on any atom is 0.307 e. The molecule has 0 atom stereocenters. The largest absolute Gasteiger partial charge is 0.481 e. The molecule has 2 aliphatic rings. The lowest BCUT2D eigenvalue weighted by molar-refractivity contribution is -0.136. The summed E-state index contributed by atoms with van der Waals surface area (Å²) < 4.78 is 0. The Morgan fingerprint density at radius 3 is 2.53 bits per heavy atom. The maximum atomic E-state index is 10.8. The van der Waals surface area contributed by atoms with Crippen molar-refractivity contribution in [1.29, 1.82) is 0 Å². The van der Waals surface area contributed by atoms with E-state index in [2.05, 4.69) is 5.32 Å². The lowest BCUT2D eigenvalue weighted by atomic mass is 10.00. The van der Waals surface area contributed by atoms with Crippen LogP contribution in [0.25, 0.3) is 0 Å². The van der Waals surface area contributed by atoms with Gasteiger partial charge in [-0.15, -0.1) is 0 Å². The Balaban J connectivity index is 1.56. The predicted molar refractivity (Wildman–Crippen MR) is 73.9 cm³/mol. The lowest BCUT2D eigenvalue weighted by Gasteiger charge is -2.16. The van der Waals surface area contributed by atoms with E-state index in [0.29, 0.717) is 5.41 Å². The quantitative estimate of drug-likeness (QED) is 0.791. The van der Waals surface area contributed by atoms with Gasteiger partial charge in [0.1, 0.15) is 0 Å². The molecular weight excluding hydrogens is 238 g/mol. The zero-order chi connectivity index (χ0) is 13.3. The SMILES string of the molecule is O=C(O)Cc1ccccc1CNCC1(C2CC2)CC1. The van der Waals surface area contributed by atoms with Gasteiger partial charge in [0.05, 0.1) is 6.42 Å². The minimum Gasteiger partial charge on any atom is -0.481 e. The van der Waals surface area contributed by atoms with Crippen molar-refractivity contribution in [3.63, 3.8) is 0 Å². The lowest BCUT2D eigenvalue weighted by Crippen LogP contribution is -2.25. The zero-order valence-corrected chi connectivity index (χ0v) is 11.2. The second-order valence-electron chi connectivity index (χ2n) is 6.08. The molecule has 2 aliphatic carbocycles. The second-order valence-corrected chi connectivity index (χ2v) is 6.08. The number of carbonyl (C=O) groups is 1. The molecule has 1 aromatic carbocycles. The third kappa shape index (κ3) is 2.98. The van der Waals surface area contributed by atoms with Crippen LogP contribution < -0.4 is 5.32 Å². The van der Waals surface area contributed by atoms with Crippen molar-refractivity contribution >= 4 is 5.97 Å². The summed E-state index contributed by atoms with van der Waals surface area (Å²) >= 11 is 0. The van der Waals surface area contributed by atoms with Gasteiger partial charge in [0.25, 0.3) is 0 Å². The van der Waals surface area contributed by atoms with Crippen molar-refractivity contribution in [3.8, 4) is 0 Å². The Kier molecular flexibility index (Phi) is 3.31. The van der Waals surface area contributed by atoms with E-state index in [1.54, 1.807) is 0 Å². The monoisotopic (exact) mass is 259 g/mol. The molecule has 0 bridgehead atoms. The van der Waals surface area contributed by atoms with E-state index in [1.807, 2.05) is 24.3 Å². The highest BCUT2D eigenvalue weighted by molar-refractivity contribution is 5.70. The standard InChI is InChI=1S/C16H21NO2/c18-15(19)9-12-3-1-2-4-13(12)10-17-11-16(7-8-16)14-5-6-14/h1-4,14,17H,5-11H2,(H,18,19). The number of hydrogen-bond acceptors (Lipinski definition) is 2. The van der Waals surface area contributed by atoms with Crippen molar-refractivity contribution in [2.45, 2.75) is 38.6 Å². The van der Waals surface area contributed by atoms with E-state index >= 15 is 0 Å². The molecule has 0 saturated heterocycles. The summed E-state index contributed by atoms with van der Waals surface area (Å²) in [5.74, 6) is 0.207. The molecule has 0 unspecified atom stereocenters. The molecule has 3 heteroatoms. The van der Waals surface area contributed by atoms with Gasteiger partial charge in [-0.05, 0) is 48.1 Å². The molecular formula is C16H21NO2. The van der Waals surface area contributed by atoms with Gasteiger partial charge in [-0.25, -0.2) is 0 Å². The number of benzene rings is 1. The highest BCUT2D eigenvalue weighted by Gasteiger charge is 2.53. The van der Waals surface area contributed by atoms with Crippen molar-refractivity contribution < 1.29 is 9.90 Å². The molecule has 102 valence electrons. The molecule has 2 saturated carbocycles. The molecule has 3 rings (SSSR count). The summed E-state index contributed by atoms with van der Waals surface area (Å²) in [6.07, 6.45) is 5.70. The van der Waals surface area contributed by atoms with E-state index in [4.69, 9.17) is 5.11 Å². The third-order valence-corrected chi connectivity index (χ3v) is 4.59.